The molecule has 1 aliphatic rings. The number of hydrogen-bond donors (Lipinski definition) is 0. The first-order valence-corrected chi connectivity index (χ1v) is 11.7. The number of hydrogen-bond acceptors (Lipinski definition) is 4. The smallest absolute Gasteiger partial charge is 0.259 e. The van der Waals surface area contributed by atoms with Crippen LogP contribution >= 0.6 is 38.5 Å². The Balaban J connectivity index is 1.89. The van der Waals surface area contributed by atoms with Crippen LogP contribution in [0, 0.1) is 17.4 Å². The fourth-order valence-electron chi connectivity index (χ4n) is 3.54. The molecule has 0 atom stereocenters. The normalized spacial score (nSPS) is 12.4. The lowest BCUT2D eigenvalue weighted by Crippen LogP contribution is -2.33. The number of carbonyl (C=O) groups is 1. The van der Waals surface area contributed by atoms with Crippen molar-refractivity contribution in [2.45, 2.75) is 33.6 Å². The number of halogens is 2. The van der Waals surface area contributed by atoms with Crippen LogP contribution in [-0.2, 0) is 0 Å². The summed E-state index contributed by atoms with van der Waals surface area (Å²) in [7, 11) is 0. The van der Waals surface area contributed by atoms with Crippen LogP contribution in [0.15, 0.2) is 34.9 Å². The number of amides is 1. The highest BCUT2D eigenvalue weighted by Gasteiger charge is 2.26. The molecule has 0 saturated carbocycles. The molecule has 0 fully saturated rings. The van der Waals surface area contributed by atoms with E-state index >= 15 is 0 Å². The molecule has 0 spiro atoms. The van der Waals surface area contributed by atoms with E-state index in [4.69, 9.17) is 9.47 Å². The van der Waals surface area contributed by atoms with Gasteiger partial charge in [0.05, 0.1) is 21.2 Å². The van der Waals surface area contributed by atoms with Gasteiger partial charge >= 0.3 is 0 Å². The highest BCUT2D eigenvalue weighted by atomic mass is 127. The first kappa shape index (κ1) is 21.4. The Morgan fingerprint density at radius 2 is 1.87 bits per heavy atom. The van der Waals surface area contributed by atoms with Crippen molar-refractivity contribution in [3.05, 3.63) is 55.2 Å². The summed E-state index contributed by atoms with van der Waals surface area (Å²) in [6, 6.07) is 7.85. The minimum Gasteiger partial charge on any atom is -0.454 e. The third-order valence-electron chi connectivity index (χ3n) is 5.35. The van der Waals surface area contributed by atoms with Gasteiger partial charge < -0.3 is 14.4 Å². The number of pyridine rings is 1. The molecule has 30 heavy (non-hydrogen) atoms. The standard InChI is InChI=1S/C23H22BrIN2O3/c1-4-5-6-27(23(28)15-7-13(2)14(3)8-18(15)25)22-16-9-20-21(30-12-29-20)10-19(16)26-11-17(22)24/h7-11H,4-6,12H2,1-3H3. The molecular weight excluding hydrogens is 559 g/mol. The van der Waals surface area contributed by atoms with Gasteiger partial charge in [0.2, 0.25) is 6.79 Å². The van der Waals surface area contributed by atoms with Crippen LogP contribution in [0.1, 0.15) is 41.3 Å². The predicted octanol–water partition coefficient (Wildman–Crippen LogP) is 6.39. The van der Waals surface area contributed by atoms with Crippen LogP contribution in [0.3, 0.4) is 0 Å². The van der Waals surface area contributed by atoms with Crippen LogP contribution in [0.4, 0.5) is 5.69 Å². The lowest BCUT2D eigenvalue weighted by atomic mass is 10.0. The van der Waals surface area contributed by atoms with Gasteiger partial charge in [0.1, 0.15) is 0 Å². The maximum absolute atomic E-state index is 13.8. The molecule has 0 bridgehead atoms. The second-order valence-electron chi connectivity index (χ2n) is 7.40. The number of rotatable bonds is 5. The summed E-state index contributed by atoms with van der Waals surface area (Å²) < 4.78 is 12.8. The molecule has 0 radical (unpaired) electrons. The Labute approximate surface area is 198 Å². The van der Waals surface area contributed by atoms with Gasteiger partial charge in [-0.15, -0.1) is 0 Å². The molecular formula is C23H22BrIN2O3. The molecule has 7 heteroatoms. The average Bonchev–Trinajstić information content (AvgIpc) is 3.18. The molecule has 1 amide bonds. The van der Waals surface area contributed by atoms with Crippen molar-refractivity contribution in [2.24, 2.45) is 0 Å². The second-order valence-corrected chi connectivity index (χ2v) is 9.42. The largest absolute Gasteiger partial charge is 0.454 e. The molecule has 2 heterocycles. The van der Waals surface area contributed by atoms with E-state index in [0.29, 0.717) is 23.6 Å². The Kier molecular flexibility index (Phi) is 6.20. The van der Waals surface area contributed by atoms with Crippen molar-refractivity contribution in [1.29, 1.82) is 0 Å². The minimum absolute atomic E-state index is 0.0122. The van der Waals surface area contributed by atoms with E-state index in [-0.39, 0.29) is 12.7 Å². The average molecular weight is 581 g/mol. The number of fused-ring (bicyclic) bond motifs is 2. The monoisotopic (exact) mass is 580 g/mol. The first-order chi connectivity index (χ1) is 14.4. The zero-order valence-corrected chi connectivity index (χ0v) is 20.8. The fourth-order valence-corrected chi connectivity index (χ4v) is 4.92. The highest BCUT2D eigenvalue weighted by Crippen LogP contribution is 2.42. The Bertz CT molecular complexity index is 1150. The van der Waals surface area contributed by atoms with Gasteiger partial charge in [0, 0.05) is 27.8 Å². The van der Waals surface area contributed by atoms with E-state index in [2.05, 4.69) is 63.4 Å². The quantitative estimate of drug-likeness (QED) is 0.328. The van der Waals surface area contributed by atoms with Crippen LogP contribution < -0.4 is 14.4 Å². The molecule has 0 saturated heterocycles. The zero-order valence-electron chi connectivity index (χ0n) is 17.1. The van der Waals surface area contributed by atoms with Crippen LogP contribution in [-0.4, -0.2) is 24.2 Å². The Morgan fingerprint density at radius 1 is 1.17 bits per heavy atom. The SMILES string of the molecule is CCCCN(C(=O)c1cc(C)c(C)cc1I)c1c(Br)cnc2cc3c(cc12)OCO3. The number of ether oxygens (including phenoxy) is 2. The third kappa shape index (κ3) is 3.89. The first-order valence-electron chi connectivity index (χ1n) is 9.87. The zero-order chi connectivity index (χ0) is 21.4. The number of anilines is 1. The Hall–Kier alpha value is -1.87. The predicted molar refractivity (Wildman–Crippen MR) is 131 cm³/mol. The minimum atomic E-state index is -0.0122. The summed E-state index contributed by atoms with van der Waals surface area (Å²) in [6.45, 7) is 7.04. The van der Waals surface area contributed by atoms with Crippen molar-refractivity contribution in [1.82, 2.24) is 4.98 Å². The molecule has 4 rings (SSSR count). The van der Waals surface area contributed by atoms with E-state index in [9.17, 15) is 4.79 Å². The Morgan fingerprint density at radius 3 is 2.60 bits per heavy atom. The number of aromatic nitrogens is 1. The van der Waals surface area contributed by atoms with Crippen molar-refractivity contribution in [3.8, 4) is 11.5 Å². The van der Waals surface area contributed by atoms with E-state index in [1.54, 1.807) is 6.20 Å². The van der Waals surface area contributed by atoms with Crippen molar-refractivity contribution in [2.75, 3.05) is 18.2 Å². The van der Waals surface area contributed by atoms with Gasteiger partial charge in [-0.2, -0.15) is 0 Å². The third-order valence-corrected chi connectivity index (χ3v) is 6.83. The number of unbranched alkanes of at least 4 members (excludes halogenated alkanes) is 1. The summed E-state index contributed by atoms with van der Waals surface area (Å²) in [5, 5.41) is 0.858. The van der Waals surface area contributed by atoms with Gasteiger partial charge in [-0.05, 0) is 88.1 Å². The van der Waals surface area contributed by atoms with E-state index in [1.807, 2.05) is 30.0 Å². The van der Waals surface area contributed by atoms with Gasteiger partial charge in [-0.1, -0.05) is 13.3 Å². The maximum Gasteiger partial charge on any atom is 0.259 e. The molecule has 0 N–H and O–H groups in total. The summed E-state index contributed by atoms with van der Waals surface area (Å²) in [5.41, 5.74) is 4.58. The molecule has 0 aliphatic carbocycles. The van der Waals surface area contributed by atoms with E-state index in [0.717, 1.165) is 43.0 Å². The van der Waals surface area contributed by atoms with Gasteiger partial charge in [0.15, 0.2) is 11.5 Å². The van der Waals surface area contributed by atoms with Gasteiger partial charge in [-0.3, -0.25) is 9.78 Å². The number of benzene rings is 2. The molecule has 5 nitrogen and oxygen atoms in total. The molecule has 3 aromatic rings. The fraction of sp³-hybridized carbons (Fsp3) is 0.304. The van der Waals surface area contributed by atoms with Gasteiger partial charge in [0.25, 0.3) is 5.91 Å². The van der Waals surface area contributed by atoms with Crippen molar-refractivity contribution >= 4 is 61.0 Å². The molecule has 156 valence electrons. The topological polar surface area (TPSA) is 51.7 Å². The van der Waals surface area contributed by atoms with Crippen LogP contribution in [0.25, 0.3) is 10.9 Å². The summed E-state index contributed by atoms with van der Waals surface area (Å²) in [6.07, 6.45) is 3.63. The number of aryl methyl sites for hydroxylation is 2. The highest BCUT2D eigenvalue weighted by molar-refractivity contribution is 14.1. The molecule has 2 aromatic carbocycles. The van der Waals surface area contributed by atoms with Crippen LogP contribution in [0.2, 0.25) is 0 Å². The number of carbonyl (C=O) groups excluding carboxylic acids is 1. The second kappa shape index (κ2) is 8.70. The molecule has 1 aliphatic heterocycles. The lowest BCUT2D eigenvalue weighted by Gasteiger charge is -2.26. The number of nitrogens with zero attached hydrogens (tertiary/aromatic N) is 2. The lowest BCUT2D eigenvalue weighted by molar-refractivity contribution is 0.0985. The van der Waals surface area contributed by atoms with Gasteiger partial charge in [-0.25, -0.2) is 0 Å². The summed E-state index contributed by atoms with van der Waals surface area (Å²) in [4.78, 5) is 20.2. The summed E-state index contributed by atoms with van der Waals surface area (Å²) >= 11 is 5.90. The van der Waals surface area contributed by atoms with Crippen molar-refractivity contribution < 1.29 is 14.3 Å². The van der Waals surface area contributed by atoms with Crippen molar-refractivity contribution in [3.63, 3.8) is 0 Å². The summed E-state index contributed by atoms with van der Waals surface area (Å²) in [5.74, 6) is 1.34. The van der Waals surface area contributed by atoms with E-state index < -0.39 is 0 Å². The van der Waals surface area contributed by atoms with Crippen LogP contribution in [0.5, 0.6) is 11.5 Å². The molecule has 0 unspecified atom stereocenters. The maximum atomic E-state index is 13.8. The molecule has 1 aromatic heterocycles. The van der Waals surface area contributed by atoms with E-state index in [1.165, 1.54) is 5.56 Å².